The highest BCUT2D eigenvalue weighted by Gasteiger charge is 2.12. The smallest absolute Gasteiger partial charge is 0.338 e. The molecule has 0 fully saturated rings. The van der Waals surface area contributed by atoms with Crippen molar-refractivity contribution < 1.29 is 14.1 Å². The lowest BCUT2D eigenvalue weighted by Gasteiger charge is -2.01. The van der Waals surface area contributed by atoms with Crippen molar-refractivity contribution in [3.8, 4) is 10.8 Å². The Bertz CT molecular complexity index is 738. The van der Waals surface area contributed by atoms with Gasteiger partial charge in [0, 0.05) is 4.47 Å². The van der Waals surface area contributed by atoms with Crippen LogP contribution in [0.3, 0.4) is 0 Å². The Morgan fingerprint density at radius 1 is 1.29 bits per heavy atom. The molecular weight excluding hydrogens is 356 g/mol. The lowest BCUT2D eigenvalue weighted by atomic mass is 10.2. The van der Waals surface area contributed by atoms with Crippen molar-refractivity contribution in [2.45, 2.75) is 6.61 Å². The third kappa shape index (κ3) is 3.37. The number of ether oxygens (including phenoxy) is 1. The topological polar surface area (TPSA) is 65.2 Å². The summed E-state index contributed by atoms with van der Waals surface area (Å²) >= 11 is 4.81. The van der Waals surface area contributed by atoms with Crippen LogP contribution in [0.25, 0.3) is 10.8 Å². The molecule has 0 aliphatic heterocycles. The molecule has 0 bridgehead atoms. The number of hydrogen-bond acceptors (Lipinski definition) is 6. The van der Waals surface area contributed by atoms with Crippen molar-refractivity contribution in [1.29, 1.82) is 0 Å². The molecule has 7 heteroatoms. The minimum absolute atomic E-state index is 0.0240. The van der Waals surface area contributed by atoms with E-state index in [0.717, 1.165) is 9.35 Å². The summed E-state index contributed by atoms with van der Waals surface area (Å²) in [6.45, 7) is -0.0240. The van der Waals surface area contributed by atoms with Gasteiger partial charge >= 0.3 is 5.97 Å². The van der Waals surface area contributed by atoms with Crippen LogP contribution >= 0.6 is 27.3 Å². The summed E-state index contributed by atoms with van der Waals surface area (Å²) in [5.41, 5.74) is 0.472. The first kappa shape index (κ1) is 14.0. The second kappa shape index (κ2) is 6.19. The summed E-state index contributed by atoms with van der Waals surface area (Å²) in [5, 5.41) is 5.71. The number of carbonyl (C=O) groups is 1. The summed E-state index contributed by atoms with van der Waals surface area (Å²) in [4.78, 5) is 16.9. The van der Waals surface area contributed by atoms with E-state index >= 15 is 0 Å². The first-order valence-corrected chi connectivity index (χ1v) is 7.69. The van der Waals surface area contributed by atoms with Crippen LogP contribution in [0.5, 0.6) is 0 Å². The van der Waals surface area contributed by atoms with Crippen LogP contribution in [-0.2, 0) is 11.3 Å². The van der Waals surface area contributed by atoms with Crippen molar-refractivity contribution in [3.63, 3.8) is 0 Å². The second-order valence-electron chi connectivity index (χ2n) is 4.08. The Balaban J connectivity index is 1.62. The molecule has 0 N–H and O–H groups in total. The zero-order valence-electron chi connectivity index (χ0n) is 10.7. The second-order valence-corrected chi connectivity index (χ2v) is 5.94. The van der Waals surface area contributed by atoms with Crippen LogP contribution in [-0.4, -0.2) is 16.1 Å². The SMILES string of the molecule is O=C(OCc1noc(-c2cccs2)n1)c1ccc(Br)cc1. The van der Waals surface area contributed by atoms with Crippen molar-refractivity contribution in [1.82, 2.24) is 10.1 Å². The molecule has 0 aliphatic carbocycles. The van der Waals surface area contributed by atoms with Gasteiger partial charge in [0.15, 0.2) is 6.61 Å². The molecule has 2 heterocycles. The van der Waals surface area contributed by atoms with Crippen molar-refractivity contribution in [2.24, 2.45) is 0 Å². The van der Waals surface area contributed by atoms with Gasteiger partial charge in [-0.25, -0.2) is 4.79 Å². The predicted molar refractivity (Wildman–Crippen MR) is 80.9 cm³/mol. The number of hydrogen-bond donors (Lipinski definition) is 0. The number of carbonyl (C=O) groups excluding carboxylic acids is 1. The first-order valence-electron chi connectivity index (χ1n) is 6.01. The van der Waals surface area contributed by atoms with Gasteiger partial charge in [-0.3, -0.25) is 0 Å². The van der Waals surface area contributed by atoms with E-state index < -0.39 is 5.97 Å². The van der Waals surface area contributed by atoms with Gasteiger partial charge in [-0.15, -0.1) is 11.3 Å². The first-order chi connectivity index (χ1) is 10.2. The van der Waals surface area contributed by atoms with Gasteiger partial charge in [-0.2, -0.15) is 4.98 Å². The van der Waals surface area contributed by atoms with Gasteiger partial charge in [0.2, 0.25) is 5.82 Å². The molecule has 0 spiro atoms. The van der Waals surface area contributed by atoms with Crippen molar-refractivity contribution in [2.75, 3.05) is 0 Å². The van der Waals surface area contributed by atoms with Gasteiger partial charge in [0.05, 0.1) is 10.4 Å². The monoisotopic (exact) mass is 364 g/mol. The molecule has 0 amide bonds. The zero-order valence-corrected chi connectivity index (χ0v) is 13.1. The molecule has 0 atom stereocenters. The molecule has 0 saturated heterocycles. The summed E-state index contributed by atoms with van der Waals surface area (Å²) in [6, 6.07) is 10.7. The normalized spacial score (nSPS) is 10.5. The van der Waals surface area contributed by atoms with Gasteiger partial charge in [-0.1, -0.05) is 27.2 Å². The van der Waals surface area contributed by atoms with Gasteiger partial charge in [0.1, 0.15) is 0 Å². The van der Waals surface area contributed by atoms with E-state index in [1.165, 1.54) is 11.3 Å². The molecule has 1 aromatic carbocycles. The number of esters is 1. The Hall–Kier alpha value is -1.99. The predicted octanol–water partition coefficient (Wildman–Crippen LogP) is 3.92. The summed E-state index contributed by atoms with van der Waals surface area (Å²) < 4.78 is 11.2. The number of aromatic nitrogens is 2. The average Bonchev–Trinajstić information content (AvgIpc) is 3.16. The molecule has 0 aliphatic rings. The third-order valence-electron chi connectivity index (χ3n) is 2.61. The molecule has 3 rings (SSSR count). The molecule has 5 nitrogen and oxygen atoms in total. The lowest BCUT2D eigenvalue weighted by molar-refractivity contribution is 0.0459. The van der Waals surface area contributed by atoms with Crippen LogP contribution < -0.4 is 0 Å². The van der Waals surface area contributed by atoms with Gasteiger partial charge in [0.25, 0.3) is 5.89 Å². The number of halogens is 1. The average molecular weight is 365 g/mol. The fourth-order valence-corrected chi connectivity index (χ4v) is 2.52. The molecule has 0 radical (unpaired) electrons. The van der Waals surface area contributed by atoms with Gasteiger partial charge < -0.3 is 9.26 Å². The van der Waals surface area contributed by atoms with Crippen LogP contribution in [0.1, 0.15) is 16.2 Å². The van der Waals surface area contributed by atoms with E-state index in [0.29, 0.717) is 17.3 Å². The molecule has 0 saturated carbocycles. The van der Waals surface area contributed by atoms with E-state index in [9.17, 15) is 4.79 Å². The van der Waals surface area contributed by atoms with E-state index in [1.807, 2.05) is 17.5 Å². The maximum Gasteiger partial charge on any atom is 0.338 e. The van der Waals surface area contributed by atoms with Crippen LogP contribution in [0.4, 0.5) is 0 Å². The van der Waals surface area contributed by atoms with Crippen LogP contribution in [0.2, 0.25) is 0 Å². The fourth-order valence-electron chi connectivity index (χ4n) is 1.61. The minimum atomic E-state index is -0.426. The lowest BCUT2D eigenvalue weighted by Crippen LogP contribution is -2.05. The molecule has 2 aromatic heterocycles. The maximum absolute atomic E-state index is 11.8. The van der Waals surface area contributed by atoms with E-state index in [-0.39, 0.29) is 6.61 Å². The Morgan fingerprint density at radius 2 is 2.10 bits per heavy atom. The third-order valence-corrected chi connectivity index (χ3v) is 4.00. The maximum atomic E-state index is 11.8. The van der Waals surface area contributed by atoms with E-state index in [2.05, 4.69) is 26.1 Å². The Kier molecular flexibility index (Phi) is 4.12. The highest BCUT2D eigenvalue weighted by atomic mass is 79.9. The summed E-state index contributed by atoms with van der Waals surface area (Å²) in [5.74, 6) is 0.341. The Morgan fingerprint density at radius 3 is 2.81 bits per heavy atom. The highest BCUT2D eigenvalue weighted by Crippen LogP contribution is 2.22. The molecule has 106 valence electrons. The van der Waals surface area contributed by atoms with Crippen LogP contribution in [0, 0.1) is 0 Å². The van der Waals surface area contributed by atoms with Crippen molar-refractivity contribution in [3.05, 3.63) is 57.6 Å². The zero-order chi connectivity index (χ0) is 14.7. The number of rotatable bonds is 4. The van der Waals surface area contributed by atoms with Crippen LogP contribution in [0.15, 0.2) is 50.8 Å². The molecular formula is C14H9BrN2O3S. The summed E-state index contributed by atoms with van der Waals surface area (Å²) in [7, 11) is 0. The number of nitrogens with zero attached hydrogens (tertiary/aromatic N) is 2. The van der Waals surface area contributed by atoms with Crippen molar-refractivity contribution >= 4 is 33.2 Å². The van der Waals surface area contributed by atoms with E-state index in [4.69, 9.17) is 9.26 Å². The molecule has 3 aromatic rings. The number of benzene rings is 1. The highest BCUT2D eigenvalue weighted by molar-refractivity contribution is 9.10. The van der Waals surface area contributed by atoms with Gasteiger partial charge in [-0.05, 0) is 35.7 Å². The Labute approximate surface area is 132 Å². The standard InChI is InChI=1S/C14H9BrN2O3S/c15-10-5-3-9(4-6-10)14(18)19-8-12-16-13(20-17-12)11-2-1-7-21-11/h1-7H,8H2. The largest absolute Gasteiger partial charge is 0.454 e. The minimum Gasteiger partial charge on any atom is -0.454 e. The number of thiophene rings is 1. The molecule has 21 heavy (non-hydrogen) atoms. The quantitative estimate of drug-likeness (QED) is 0.656. The van der Waals surface area contributed by atoms with E-state index in [1.54, 1.807) is 24.3 Å². The summed E-state index contributed by atoms with van der Waals surface area (Å²) in [6.07, 6.45) is 0. The fraction of sp³-hybridized carbons (Fsp3) is 0.0714. The molecule has 0 unspecified atom stereocenters.